The Morgan fingerprint density at radius 3 is 2.89 bits per heavy atom. The van der Waals surface area contributed by atoms with Gasteiger partial charge in [-0.25, -0.2) is 0 Å². The number of hydrogen-bond donors (Lipinski definition) is 1. The molecule has 1 unspecified atom stereocenters. The lowest BCUT2D eigenvalue weighted by Gasteiger charge is -2.14. The molecule has 2 aromatic rings. The van der Waals surface area contributed by atoms with Crippen molar-refractivity contribution in [2.45, 2.75) is 31.7 Å². The van der Waals surface area contributed by atoms with Crippen molar-refractivity contribution in [3.63, 3.8) is 0 Å². The lowest BCUT2D eigenvalue weighted by Crippen LogP contribution is -2.18. The van der Waals surface area contributed by atoms with Crippen LogP contribution in [0.25, 0.3) is 0 Å². The van der Waals surface area contributed by atoms with Gasteiger partial charge in [0, 0.05) is 0 Å². The molecule has 2 nitrogen and oxygen atoms in total. The van der Waals surface area contributed by atoms with E-state index in [1.54, 1.807) is 11.8 Å². The first-order valence-electron chi connectivity index (χ1n) is 6.68. The van der Waals surface area contributed by atoms with Crippen molar-refractivity contribution >= 4 is 0 Å². The highest BCUT2D eigenvalue weighted by Crippen LogP contribution is 2.25. The zero-order valence-corrected chi connectivity index (χ0v) is 10.8. The van der Waals surface area contributed by atoms with Gasteiger partial charge in [0.25, 0.3) is 0 Å². The first-order valence-corrected chi connectivity index (χ1v) is 6.68. The largest absolute Gasteiger partial charge is 0.468 e. The van der Waals surface area contributed by atoms with Gasteiger partial charge in [-0.3, -0.25) is 0 Å². The van der Waals surface area contributed by atoms with E-state index >= 15 is 0 Å². The monoisotopic (exact) mass is 241 g/mol. The Hall–Kier alpha value is -1.54. The molecule has 1 atom stereocenters. The molecule has 1 aromatic heterocycles. The highest BCUT2D eigenvalue weighted by atomic mass is 16.3. The Balaban J connectivity index is 1.79. The van der Waals surface area contributed by atoms with Crippen LogP contribution in [0.2, 0.25) is 0 Å². The molecule has 0 fully saturated rings. The van der Waals surface area contributed by atoms with Gasteiger partial charge in [0.1, 0.15) is 5.76 Å². The van der Waals surface area contributed by atoms with Crippen molar-refractivity contribution in [3.8, 4) is 0 Å². The van der Waals surface area contributed by atoms with E-state index in [0.717, 1.165) is 12.2 Å². The van der Waals surface area contributed by atoms with Gasteiger partial charge in [-0.1, -0.05) is 18.2 Å². The molecule has 0 bridgehead atoms. The van der Waals surface area contributed by atoms with Crippen molar-refractivity contribution in [2.75, 3.05) is 7.05 Å². The summed E-state index contributed by atoms with van der Waals surface area (Å²) in [6, 6.07) is 11.2. The molecular weight excluding hydrogens is 222 g/mol. The molecule has 0 amide bonds. The lowest BCUT2D eigenvalue weighted by atomic mass is 10.00. The SMILES string of the molecule is CNC(Cc1ccc2c(c1)CCC2)c1ccco1. The number of aryl methyl sites for hydroxylation is 2. The molecule has 0 saturated carbocycles. The molecule has 1 heterocycles. The van der Waals surface area contributed by atoms with Crippen LogP contribution in [0, 0.1) is 0 Å². The Bertz CT molecular complexity index is 516. The van der Waals surface area contributed by atoms with Crippen LogP contribution in [0.1, 0.15) is 34.9 Å². The number of furan rings is 1. The minimum Gasteiger partial charge on any atom is -0.468 e. The number of nitrogens with one attached hydrogen (secondary N) is 1. The summed E-state index contributed by atoms with van der Waals surface area (Å²) in [5.74, 6) is 1.01. The topological polar surface area (TPSA) is 25.2 Å². The maximum absolute atomic E-state index is 5.49. The predicted molar refractivity (Wildman–Crippen MR) is 72.7 cm³/mol. The molecule has 94 valence electrons. The Morgan fingerprint density at radius 1 is 1.22 bits per heavy atom. The second-order valence-corrected chi connectivity index (χ2v) is 5.02. The van der Waals surface area contributed by atoms with Crippen LogP contribution < -0.4 is 5.32 Å². The molecule has 0 saturated heterocycles. The summed E-state index contributed by atoms with van der Waals surface area (Å²) in [5, 5.41) is 3.33. The van der Waals surface area contributed by atoms with E-state index < -0.39 is 0 Å². The molecule has 0 aliphatic heterocycles. The molecule has 18 heavy (non-hydrogen) atoms. The fraction of sp³-hybridized carbons (Fsp3) is 0.375. The Morgan fingerprint density at radius 2 is 2.11 bits per heavy atom. The second-order valence-electron chi connectivity index (χ2n) is 5.02. The van der Waals surface area contributed by atoms with Gasteiger partial charge in [-0.15, -0.1) is 0 Å². The summed E-state index contributed by atoms with van der Waals surface area (Å²) in [7, 11) is 1.99. The molecular formula is C16H19NO. The number of fused-ring (bicyclic) bond motifs is 1. The minimum atomic E-state index is 0.263. The summed E-state index contributed by atoms with van der Waals surface area (Å²) < 4.78 is 5.49. The second kappa shape index (κ2) is 4.99. The van der Waals surface area contributed by atoms with Crippen LogP contribution in [0.15, 0.2) is 41.0 Å². The normalized spacial score (nSPS) is 15.6. The van der Waals surface area contributed by atoms with Crippen LogP contribution in [0.5, 0.6) is 0 Å². The highest BCUT2D eigenvalue weighted by molar-refractivity contribution is 5.35. The lowest BCUT2D eigenvalue weighted by molar-refractivity contribution is 0.429. The van der Waals surface area contributed by atoms with Crippen LogP contribution in [-0.4, -0.2) is 7.05 Å². The van der Waals surface area contributed by atoms with E-state index in [1.807, 2.05) is 19.2 Å². The average molecular weight is 241 g/mol. The van der Waals surface area contributed by atoms with Crippen molar-refractivity contribution < 1.29 is 4.42 Å². The van der Waals surface area contributed by atoms with E-state index in [1.165, 1.54) is 30.4 Å². The zero-order valence-electron chi connectivity index (χ0n) is 10.8. The van der Waals surface area contributed by atoms with E-state index in [9.17, 15) is 0 Å². The quantitative estimate of drug-likeness (QED) is 0.888. The third kappa shape index (κ3) is 2.21. The number of hydrogen-bond acceptors (Lipinski definition) is 2. The van der Waals surface area contributed by atoms with Gasteiger partial charge in [-0.2, -0.15) is 0 Å². The summed E-state index contributed by atoms with van der Waals surface area (Å²) in [6.45, 7) is 0. The zero-order chi connectivity index (χ0) is 12.4. The molecule has 0 spiro atoms. The van der Waals surface area contributed by atoms with Gasteiger partial charge in [0.15, 0.2) is 0 Å². The maximum atomic E-state index is 5.49. The molecule has 1 aliphatic carbocycles. The molecule has 1 N–H and O–H groups in total. The van der Waals surface area contributed by atoms with E-state index in [4.69, 9.17) is 4.42 Å². The average Bonchev–Trinajstić information content (AvgIpc) is 3.06. The fourth-order valence-corrected chi connectivity index (χ4v) is 2.82. The molecule has 1 aliphatic rings. The van der Waals surface area contributed by atoms with Crippen molar-refractivity contribution in [2.24, 2.45) is 0 Å². The van der Waals surface area contributed by atoms with Crippen molar-refractivity contribution in [1.29, 1.82) is 0 Å². The molecule has 1 aromatic carbocycles. The summed E-state index contributed by atoms with van der Waals surface area (Å²) in [6.07, 6.45) is 6.53. The number of likely N-dealkylation sites (N-methyl/N-ethyl adjacent to an activating group) is 1. The van der Waals surface area contributed by atoms with Crippen LogP contribution >= 0.6 is 0 Å². The first-order chi connectivity index (χ1) is 8.86. The maximum Gasteiger partial charge on any atom is 0.121 e. The minimum absolute atomic E-state index is 0.263. The van der Waals surface area contributed by atoms with Crippen molar-refractivity contribution in [3.05, 3.63) is 59.0 Å². The summed E-state index contributed by atoms with van der Waals surface area (Å²) in [5.41, 5.74) is 4.48. The Labute approximate surface area is 108 Å². The van der Waals surface area contributed by atoms with Gasteiger partial charge in [0.2, 0.25) is 0 Å². The van der Waals surface area contributed by atoms with Gasteiger partial charge in [-0.05, 0) is 61.6 Å². The summed E-state index contributed by atoms with van der Waals surface area (Å²) >= 11 is 0. The highest BCUT2D eigenvalue weighted by Gasteiger charge is 2.15. The van der Waals surface area contributed by atoms with Crippen LogP contribution in [0.4, 0.5) is 0 Å². The van der Waals surface area contributed by atoms with Crippen LogP contribution in [0.3, 0.4) is 0 Å². The third-order valence-electron chi connectivity index (χ3n) is 3.84. The fourth-order valence-electron chi connectivity index (χ4n) is 2.82. The van der Waals surface area contributed by atoms with Gasteiger partial charge < -0.3 is 9.73 Å². The third-order valence-corrected chi connectivity index (χ3v) is 3.84. The Kier molecular flexibility index (Phi) is 3.20. The molecule has 3 rings (SSSR count). The van der Waals surface area contributed by atoms with E-state index in [0.29, 0.717) is 0 Å². The molecule has 0 radical (unpaired) electrons. The van der Waals surface area contributed by atoms with Gasteiger partial charge in [0.05, 0.1) is 12.3 Å². The number of benzene rings is 1. The van der Waals surface area contributed by atoms with Gasteiger partial charge >= 0.3 is 0 Å². The molecule has 2 heteroatoms. The van der Waals surface area contributed by atoms with Crippen molar-refractivity contribution in [1.82, 2.24) is 5.32 Å². The van der Waals surface area contributed by atoms with E-state index in [2.05, 4.69) is 23.5 Å². The first kappa shape index (κ1) is 11.5. The summed E-state index contributed by atoms with van der Waals surface area (Å²) in [4.78, 5) is 0. The standard InChI is InChI=1S/C16H19NO/c1-17-15(16-6-3-9-18-16)11-12-7-8-13-4-2-5-14(13)10-12/h3,6-10,15,17H,2,4-5,11H2,1H3. The van der Waals surface area contributed by atoms with Crippen LogP contribution in [-0.2, 0) is 19.3 Å². The van der Waals surface area contributed by atoms with E-state index in [-0.39, 0.29) is 6.04 Å². The predicted octanol–water partition coefficient (Wildman–Crippen LogP) is 3.27. The smallest absolute Gasteiger partial charge is 0.121 e. The number of rotatable bonds is 4.